The van der Waals surface area contributed by atoms with Crippen LogP contribution in [-0.2, 0) is 0 Å². The van der Waals surface area contributed by atoms with Crippen LogP contribution in [0, 0.1) is 6.92 Å². The highest BCUT2D eigenvalue weighted by atomic mass is 16.2. The fraction of sp³-hybridized carbons (Fsp3) is 0.100. The van der Waals surface area contributed by atoms with Crippen LogP contribution in [0.4, 0.5) is 0 Å². The van der Waals surface area contributed by atoms with Gasteiger partial charge in [-0.2, -0.15) is 14.9 Å². The molecule has 0 N–H and O–H groups in total. The summed E-state index contributed by atoms with van der Waals surface area (Å²) >= 11 is 0. The monoisotopic (exact) mass is 344 g/mol. The second kappa shape index (κ2) is 6.07. The number of aromatic nitrogens is 4. The van der Waals surface area contributed by atoms with Gasteiger partial charge in [0.05, 0.1) is 16.8 Å². The van der Waals surface area contributed by atoms with Gasteiger partial charge >= 0.3 is 0 Å². The Labute approximate surface area is 149 Å². The van der Waals surface area contributed by atoms with Crippen LogP contribution in [-0.4, -0.2) is 25.3 Å². The highest BCUT2D eigenvalue weighted by Gasteiger charge is 2.18. The van der Waals surface area contributed by atoms with Crippen LogP contribution in [0.25, 0.3) is 28.0 Å². The third kappa shape index (κ3) is 2.61. The minimum absolute atomic E-state index is 0.426. The molecule has 26 heavy (non-hydrogen) atoms. The van der Waals surface area contributed by atoms with Gasteiger partial charge in [0, 0.05) is 24.8 Å². The lowest BCUT2D eigenvalue weighted by atomic mass is 10.0. The van der Waals surface area contributed by atoms with E-state index in [1.165, 1.54) is 13.0 Å². The predicted octanol–water partition coefficient (Wildman–Crippen LogP) is 3.19. The number of nitrogens with zero attached hydrogens (tertiary/aromatic N) is 4. The zero-order chi connectivity index (χ0) is 18.3. The van der Waals surface area contributed by atoms with Crippen LogP contribution in [0.1, 0.15) is 17.3 Å². The normalized spacial score (nSPS) is 11.0. The first-order valence-electron chi connectivity index (χ1n) is 8.21. The summed E-state index contributed by atoms with van der Waals surface area (Å²) in [6.45, 7) is 3.34. The molecule has 0 bridgehead atoms. The minimum Gasteiger partial charge on any atom is -0.273 e. The molecule has 6 nitrogen and oxygen atoms in total. The summed E-state index contributed by atoms with van der Waals surface area (Å²) in [4.78, 5) is 23.6. The van der Waals surface area contributed by atoms with Gasteiger partial charge in [0.25, 0.3) is 5.56 Å². The van der Waals surface area contributed by atoms with E-state index in [0.717, 1.165) is 32.6 Å². The van der Waals surface area contributed by atoms with Crippen LogP contribution in [0.5, 0.6) is 0 Å². The van der Waals surface area contributed by atoms with Crippen LogP contribution >= 0.6 is 0 Å². The van der Waals surface area contributed by atoms with Crippen molar-refractivity contribution in [3.05, 3.63) is 76.7 Å². The van der Waals surface area contributed by atoms with E-state index in [0.29, 0.717) is 5.69 Å². The number of aryl methyl sites for hydroxylation is 1. The fourth-order valence-electron chi connectivity index (χ4n) is 3.02. The number of benzene rings is 1. The molecule has 0 aliphatic rings. The van der Waals surface area contributed by atoms with Gasteiger partial charge in [-0.05, 0) is 31.2 Å². The maximum Gasteiger partial charge on any atom is 0.274 e. The maximum absolute atomic E-state index is 11.9. The molecule has 0 atom stereocenters. The summed E-state index contributed by atoms with van der Waals surface area (Å²) in [5, 5.41) is 8.98. The van der Waals surface area contributed by atoms with Gasteiger partial charge in [0.2, 0.25) is 5.91 Å². The lowest BCUT2D eigenvalue weighted by molar-refractivity contribution is 0.0915. The van der Waals surface area contributed by atoms with Gasteiger partial charge in [-0.15, -0.1) is 0 Å². The molecule has 6 heteroatoms. The number of rotatable bonds is 2. The summed E-state index contributed by atoms with van der Waals surface area (Å²) in [6, 6.07) is 16.8. The molecule has 0 amide bonds. The molecule has 0 radical (unpaired) electrons. The Morgan fingerprint density at radius 3 is 2.62 bits per heavy atom. The molecule has 0 aliphatic heterocycles. The standard InChI is InChI=1S/C20H16N4O2/c1-13-6-5-7-15(12-13)20-19(17-8-3-4-11-23(17)22-20)16-9-10-18(26)24(21-16)14(2)25/h3-12H,1-2H3. The lowest BCUT2D eigenvalue weighted by Crippen LogP contribution is -2.26. The number of pyridine rings is 1. The fourth-order valence-corrected chi connectivity index (χ4v) is 3.02. The van der Waals surface area contributed by atoms with E-state index in [1.807, 2.05) is 55.6 Å². The van der Waals surface area contributed by atoms with Gasteiger partial charge in [-0.1, -0.05) is 29.8 Å². The first kappa shape index (κ1) is 16.0. The molecule has 3 aromatic heterocycles. The number of carbonyl (C=O) groups excluding carboxylic acids is 1. The van der Waals surface area contributed by atoms with Crippen molar-refractivity contribution in [1.82, 2.24) is 19.4 Å². The SMILES string of the molecule is CC(=O)n1nc(-c2c(-c3cccc(C)c3)nn3ccccc23)ccc1=O. The van der Waals surface area contributed by atoms with E-state index in [2.05, 4.69) is 5.10 Å². The third-order valence-corrected chi connectivity index (χ3v) is 4.19. The van der Waals surface area contributed by atoms with Crippen LogP contribution in [0.2, 0.25) is 0 Å². The number of hydrogen-bond donors (Lipinski definition) is 0. The van der Waals surface area contributed by atoms with Crippen molar-refractivity contribution < 1.29 is 4.79 Å². The Balaban J connectivity index is 2.06. The maximum atomic E-state index is 11.9. The van der Waals surface area contributed by atoms with E-state index in [9.17, 15) is 9.59 Å². The van der Waals surface area contributed by atoms with Gasteiger partial charge in [-0.25, -0.2) is 4.52 Å². The van der Waals surface area contributed by atoms with E-state index in [1.54, 1.807) is 10.6 Å². The number of hydrogen-bond acceptors (Lipinski definition) is 4. The zero-order valence-electron chi connectivity index (χ0n) is 14.4. The van der Waals surface area contributed by atoms with E-state index in [4.69, 9.17) is 5.10 Å². The molecular weight excluding hydrogens is 328 g/mol. The second-order valence-electron chi connectivity index (χ2n) is 6.11. The van der Waals surface area contributed by atoms with Crippen molar-refractivity contribution in [2.75, 3.05) is 0 Å². The van der Waals surface area contributed by atoms with Gasteiger partial charge in [-0.3, -0.25) is 9.59 Å². The van der Waals surface area contributed by atoms with Gasteiger partial charge in [0.15, 0.2) is 0 Å². The van der Waals surface area contributed by atoms with E-state index in [-0.39, 0.29) is 0 Å². The molecule has 0 saturated heterocycles. The van der Waals surface area contributed by atoms with Crippen LogP contribution < -0.4 is 5.56 Å². The van der Waals surface area contributed by atoms with Crippen LogP contribution in [0.3, 0.4) is 0 Å². The summed E-state index contributed by atoms with van der Waals surface area (Å²) in [5.74, 6) is -0.426. The number of fused-ring (bicyclic) bond motifs is 1. The third-order valence-electron chi connectivity index (χ3n) is 4.19. The molecule has 0 saturated carbocycles. The minimum atomic E-state index is -0.449. The Kier molecular flexibility index (Phi) is 3.73. The number of carbonyl (C=O) groups is 1. The Morgan fingerprint density at radius 1 is 1.00 bits per heavy atom. The van der Waals surface area contributed by atoms with Crippen molar-refractivity contribution in [2.45, 2.75) is 13.8 Å². The smallest absolute Gasteiger partial charge is 0.273 e. The Hall–Kier alpha value is -3.54. The molecule has 3 heterocycles. The Bertz CT molecular complexity index is 1200. The largest absolute Gasteiger partial charge is 0.274 e. The predicted molar refractivity (Wildman–Crippen MR) is 99.2 cm³/mol. The average molecular weight is 344 g/mol. The Morgan fingerprint density at radius 2 is 1.85 bits per heavy atom. The molecule has 4 rings (SSSR count). The molecule has 1 aromatic carbocycles. The average Bonchev–Trinajstić information content (AvgIpc) is 3.01. The molecule has 0 fully saturated rings. The van der Waals surface area contributed by atoms with Gasteiger partial charge in [0.1, 0.15) is 5.69 Å². The molecule has 0 spiro atoms. The lowest BCUT2D eigenvalue weighted by Gasteiger charge is -2.06. The first-order valence-corrected chi connectivity index (χ1v) is 8.21. The van der Waals surface area contributed by atoms with Crippen molar-refractivity contribution in [3.8, 4) is 22.5 Å². The molecular formula is C20H16N4O2. The molecule has 0 unspecified atom stereocenters. The first-order chi connectivity index (χ1) is 12.5. The van der Waals surface area contributed by atoms with Crippen molar-refractivity contribution in [3.63, 3.8) is 0 Å². The highest BCUT2D eigenvalue weighted by Crippen LogP contribution is 2.33. The molecule has 128 valence electrons. The topological polar surface area (TPSA) is 69.3 Å². The van der Waals surface area contributed by atoms with Crippen molar-refractivity contribution >= 4 is 11.4 Å². The zero-order valence-corrected chi connectivity index (χ0v) is 14.4. The molecule has 4 aromatic rings. The van der Waals surface area contributed by atoms with Crippen molar-refractivity contribution in [2.24, 2.45) is 0 Å². The van der Waals surface area contributed by atoms with Crippen LogP contribution in [0.15, 0.2) is 65.6 Å². The van der Waals surface area contributed by atoms with E-state index < -0.39 is 11.5 Å². The van der Waals surface area contributed by atoms with Crippen molar-refractivity contribution in [1.29, 1.82) is 0 Å². The summed E-state index contributed by atoms with van der Waals surface area (Å²) in [5.41, 5.74) is 4.53. The summed E-state index contributed by atoms with van der Waals surface area (Å²) in [6.07, 6.45) is 1.86. The second-order valence-corrected chi connectivity index (χ2v) is 6.11. The van der Waals surface area contributed by atoms with Gasteiger partial charge < -0.3 is 0 Å². The van der Waals surface area contributed by atoms with E-state index >= 15 is 0 Å². The summed E-state index contributed by atoms with van der Waals surface area (Å²) in [7, 11) is 0. The molecule has 0 aliphatic carbocycles. The summed E-state index contributed by atoms with van der Waals surface area (Å²) < 4.78 is 2.65. The highest BCUT2D eigenvalue weighted by molar-refractivity contribution is 5.91. The quantitative estimate of drug-likeness (QED) is 0.560.